The van der Waals surface area contributed by atoms with Gasteiger partial charge in [0.25, 0.3) is 0 Å². The van der Waals surface area contributed by atoms with Gasteiger partial charge in [-0.1, -0.05) is 0 Å². The van der Waals surface area contributed by atoms with Crippen molar-refractivity contribution < 1.29 is 24.2 Å². The molecule has 0 aliphatic carbocycles. The Morgan fingerprint density at radius 1 is 1.37 bits per heavy atom. The zero-order chi connectivity index (χ0) is 15.1. The number of hydrogen-bond acceptors (Lipinski definition) is 6. The highest BCUT2D eigenvalue weighted by Gasteiger charge is 2.31. The fourth-order valence-corrected chi connectivity index (χ4v) is 1.32. The van der Waals surface area contributed by atoms with Gasteiger partial charge in [0, 0.05) is 0 Å². The maximum Gasteiger partial charge on any atom is 0.408 e. The van der Waals surface area contributed by atoms with Crippen LogP contribution in [0.15, 0.2) is 0 Å². The van der Waals surface area contributed by atoms with Crippen LogP contribution in [-0.2, 0) is 14.3 Å². The molecule has 0 saturated carbocycles. The minimum atomic E-state index is -1.18. The van der Waals surface area contributed by atoms with Crippen LogP contribution in [0.1, 0.15) is 34.1 Å². The number of nitrogens with one attached hydrogen (secondary N) is 1. The quantitative estimate of drug-likeness (QED) is 0.596. The van der Waals surface area contributed by atoms with E-state index in [0.29, 0.717) is 0 Å². The SMILES string of the molecule is CCOC(=O)C(NC(=O)OC(C)(C)C)C(O)CCN. The summed E-state index contributed by atoms with van der Waals surface area (Å²) >= 11 is 0. The number of amides is 1. The first-order valence-electron chi connectivity index (χ1n) is 6.25. The van der Waals surface area contributed by atoms with Gasteiger partial charge in [0.15, 0.2) is 6.04 Å². The molecule has 0 heterocycles. The number of alkyl carbamates (subject to hydrolysis) is 1. The molecular weight excluding hydrogens is 252 g/mol. The number of rotatable bonds is 6. The van der Waals surface area contributed by atoms with Gasteiger partial charge in [-0.05, 0) is 40.7 Å². The van der Waals surface area contributed by atoms with Crippen LogP contribution in [0.5, 0.6) is 0 Å². The minimum absolute atomic E-state index is 0.153. The summed E-state index contributed by atoms with van der Waals surface area (Å²) in [7, 11) is 0. The summed E-state index contributed by atoms with van der Waals surface area (Å²) in [4.78, 5) is 23.3. The van der Waals surface area contributed by atoms with Crippen LogP contribution in [0.3, 0.4) is 0 Å². The first-order chi connectivity index (χ1) is 8.71. The summed E-state index contributed by atoms with van der Waals surface area (Å²) in [6, 6.07) is -1.18. The van der Waals surface area contributed by atoms with Gasteiger partial charge in [-0.2, -0.15) is 0 Å². The Hall–Kier alpha value is -1.34. The van der Waals surface area contributed by atoms with Gasteiger partial charge >= 0.3 is 12.1 Å². The molecule has 0 fully saturated rings. The smallest absolute Gasteiger partial charge is 0.408 e. The fraction of sp³-hybridized carbons (Fsp3) is 0.833. The molecule has 112 valence electrons. The number of carbonyl (C=O) groups is 2. The van der Waals surface area contributed by atoms with Crippen molar-refractivity contribution in [1.29, 1.82) is 0 Å². The molecule has 0 radical (unpaired) electrons. The standard InChI is InChI=1S/C12H24N2O5/c1-5-18-10(16)9(8(15)6-7-13)14-11(17)19-12(2,3)4/h8-9,15H,5-7,13H2,1-4H3,(H,14,17). The lowest BCUT2D eigenvalue weighted by Crippen LogP contribution is -2.51. The molecule has 0 aliphatic rings. The van der Waals surface area contributed by atoms with E-state index in [1.165, 1.54) is 0 Å². The van der Waals surface area contributed by atoms with Crippen molar-refractivity contribution in [3.63, 3.8) is 0 Å². The lowest BCUT2D eigenvalue weighted by atomic mass is 10.1. The number of aliphatic hydroxyl groups is 1. The van der Waals surface area contributed by atoms with Crippen molar-refractivity contribution in [2.75, 3.05) is 13.2 Å². The van der Waals surface area contributed by atoms with Gasteiger partial charge in [0.1, 0.15) is 5.60 Å². The molecule has 1 amide bonds. The van der Waals surface area contributed by atoms with Gasteiger partial charge < -0.3 is 25.6 Å². The lowest BCUT2D eigenvalue weighted by molar-refractivity contribution is -0.148. The molecule has 7 nitrogen and oxygen atoms in total. The van der Waals surface area contributed by atoms with Gasteiger partial charge in [-0.25, -0.2) is 9.59 Å². The van der Waals surface area contributed by atoms with Crippen molar-refractivity contribution >= 4 is 12.1 Å². The van der Waals surface area contributed by atoms with E-state index in [0.717, 1.165) is 0 Å². The summed E-state index contributed by atoms with van der Waals surface area (Å²) in [6.45, 7) is 7.07. The van der Waals surface area contributed by atoms with Gasteiger partial charge in [0.2, 0.25) is 0 Å². The van der Waals surface area contributed by atoms with E-state index in [2.05, 4.69) is 5.32 Å². The molecule has 19 heavy (non-hydrogen) atoms. The van der Waals surface area contributed by atoms with E-state index >= 15 is 0 Å². The predicted molar refractivity (Wildman–Crippen MR) is 69.5 cm³/mol. The van der Waals surface area contributed by atoms with Gasteiger partial charge in [-0.3, -0.25) is 0 Å². The predicted octanol–water partition coefficient (Wildman–Crippen LogP) is 0.153. The Morgan fingerprint density at radius 3 is 2.37 bits per heavy atom. The molecule has 2 unspecified atom stereocenters. The largest absolute Gasteiger partial charge is 0.464 e. The molecule has 0 spiro atoms. The molecule has 0 saturated heterocycles. The Kier molecular flexibility index (Phi) is 7.40. The van der Waals surface area contributed by atoms with Crippen molar-refractivity contribution in [1.82, 2.24) is 5.32 Å². The van der Waals surface area contributed by atoms with E-state index in [1.54, 1.807) is 27.7 Å². The van der Waals surface area contributed by atoms with Crippen LogP contribution in [0.25, 0.3) is 0 Å². The molecule has 2 atom stereocenters. The number of hydrogen-bond donors (Lipinski definition) is 3. The number of nitrogens with two attached hydrogens (primary N) is 1. The van der Waals surface area contributed by atoms with Crippen LogP contribution in [-0.4, -0.2) is 48.1 Å². The second-order valence-electron chi connectivity index (χ2n) is 5.02. The van der Waals surface area contributed by atoms with E-state index in [4.69, 9.17) is 15.2 Å². The zero-order valence-electron chi connectivity index (χ0n) is 11.9. The second-order valence-corrected chi connectivity index (χ2v) is 5.02. The second kappa shape index (κ2) is 7.96. The van der Waals surface area contributed by atoms with Crippen LogP contribution in [0, 0.1) is 0 Å². The van der Waals surface area contributed by atoms with Gasteiger partial charge in [0.05, 0.1) is 12.7 Å². The Bertz CT molecular complexity index is 301. The molecule has 0 bridgehead atoms. The Morgan fingerprint density at radius 2 is 1.95 bits per heavy atom. The van der Waals surface area contributed by atoms with E-state index < -0.39 is 29.8 Å². The topological polar surface area (TPSA) is 111 Å². The third-order valence-electron chi connectivity index (χ3n) is 2.06. The fourth-order valence-electron chi connectivity index (χ4n) is 1.32. The van der Waals surface area contributed by atoms with Crippen LogP contribution in [0.2, 0.25) is 0 Å². The summed E-state index contributed by atoms with van der Waals surface area (Å²) < 4.78 is 9.82. The average molecular weight is 276 g/mol. The third-order valence-corrected chi connectivity index (χ3v) is 2.06. The molecule has 0 aromatic carbocycles. The maximum absolute atomic E-state index is 11.7. The number of esters is 1. The first kappa shape index (κ1) is 17.7. The monoisotopic (exact) mass is 276 g/mol. The molecule has 0 aliphatic heterocycles. The molecule has 7 heteroatoms. The third kappa shape index (κ3) is 7.63. The van der Waals surface area contributed by atoms with Crippen LogP contribution >= 0.6 is 0 Å². The molecule has 0 aromatic heterocycles. The van der Waals surface area contributed by atoms with E-state index in [1.807, 2.05) is 0 Å². The van der Waals surface area contributed by atoms with Crippen LogP contribution < -0.4 is 11.1 Å². The minimum Gasteiger partial charge on any atom is -0.464 e. The zero-order valence-corrected chi connectivity index (χ0v) is 11.9. The normalized spacial score (nSPS) is 14.4. The highest BCUT2D eigenvalue weighted by molar-refractivity contribution is 5.82. The average Bonchev–Trinajstić information content (AvgIpc) is 2.24. The molecule has 0 rings (SSSR count). The van der Waals surface area contributed by atoms with Crippen molar-refractivity contribution in [3.05, 3.63) is 0 Å². The highest BCUT2D eigenvalue weighted by Crippen LogP contribution is 2.08. The van der Waals surface area contributed by atoms with E-state index in [9.17, 15) is 14.7 Å². The molecule has 0 aromatic rings. The number of carbonyl (C=O) groups excluding carboxylic acids is 2. The van der Waals surface area contributed by atoms with Gasteiger partial charge in [-0.15, -0.1) is 0 Å². The van der Waals surface area contributed by atoms with Crippen LogP contribution in [0.4, 0.5) is 4.79 Å². The maximum atomic E-state index is 11.7. The summed E-state index contributed by atoms with van der Waals surface area (Å²) in [5, 5.41) is 12.1. The Labute approximate surface area is 113 Å². The van der Waals surface area contributed by atoms with Crippen molar-refractivity contribution in [2.45, 2.75) is 51.9 Å². The number of ether oxygens (including phenoxy) is 2. The first-order valence-corrected chi connectivity index (χ1v) is 6.25. The molecular formula is C12H24N2O5. The highest BCUT2D eigenvalue weighted by atomic mass is 16.6. The van der Waals surface area contributed by atoms with Crippen molar-refractivity contribution in [2.24, 2.45) is 5.73 Å². The van der Waals surface area contributed by atoms with Crippen molar-refractivity contribution in [3.8, 4) is 0 Å². The lowest BCUT2D eigenvalue weighted by Gasteiger charge is -2.25. The number of aliphatic hydroxyl groups excluding tert-OH is 1. The summed E-state index contributed by atoms with van der Waals surface area (Å²) in [5.41, 5.74) is 4.63. The van der Waals surface area contributed by atoms with E-state index in [-0.39, 0.29) is 19.6 Å². The summed E-state index contributed by atoms with van der Waals surface area (Å²) in [5.74, 6) is -0.714. The molecule has 4 N–H and O–H groups in total. The Balaban J connectivity index is 4.66. The summed E-state index contributed by atoms with van der Waals surface area (Å²) in [6.07, 6.45) is -1.74.